The minimum atomic E-state index is -0.707. The van der Waals surface area contributed by atoms with Gasteiger partial charge in [0.2, 0.25) is 11.7 Å². The summed E-state index contributed by atoms with van der Waals surface area (Å²) in [6.07, 6.45) is 0.433. The van der Waals surface area contributed by atoms with Crippen LogP contribution in [0.5, 0.6) is 11.5 Å². The Morgan fingerprint density at radius 1 is 1.05 bits per heavy atom. The lowest BCUT2D eigenvalue weighted by Gasteiger charge is -2.33. The molecule has 3 rings (SSSR count). The number of hydrogen-bond acceptors (Lipinski definition) is 7. The number of methoxy groups -OCH3 is 2. The third-order valence-electron chi connectivity index (χ3n) is 5.76. The summed E-state index contributed by atoms with van der Waals surface area (Å²) in [5.74, 6) is 0.911. The van der Waals surface area contributed by atoms with Crippen LogP contribution in [0.3, 0.4) is 0 Å². The van der Waals surface area contributed by atoms with Gasteiger partial charge in [-0.3, -0.25) is 14.5 Å². The second-order valence-corrected chi connectivity index (χ2v) is 9.93. The van der Waals surface area contributed by atoms with Crippen molar-refractivity contribution in [3.63, 3.8) is 0 Å². The lowest BCUT2D eigenvalue weighted by molar-refractivity contribution is -0.128. The van der Waals surface area contributed by atoms with Crippen LogP contribution in [0.25, 0.3) is 11.4 Å². The van der Waals surface area contributed by atoms with Gasteiger partial charge in [-0.15, -0.1) is 10.2 Å². The highest BCUT2D eigenvalue weighted by Gasteiger charge is 2.33. The monoisotopic (exact) mass is 508 g/mol. The number of rotatable bonds is 9. The Hall–Kier alpha value is -3.95. The Morgan fingerprint density at radius 3 is 2.38 bits per heavy atom. The molecule has 0 unspecified atom stereocenters. The summed E-state index contributed by atoms with van der Waals surface area (Å²) in [7, 11) is 3.11. The maximum Gasteiger partial charge on any atom is 0.251 e. The smallest absolute Gasteiger partial charge is 0.251 e. The molecule has 1 heterocycles. The zero-order valence-electron chi connectivity index (χ0n) is 22.8. The maximum absolute atomic E-state index is 13.8. The molecule has 0 fully saturated rings. The molecular weight excluding hydrogens is 472 g/mol. The number of amides is 2. The van der Waals surface area contributed by atoms with E-state index < -0.39 is 11.6 Å². The lowest BCUT2D eigenvalue weighted by Crippen LogP contribution is -2.54. The minimum Gasteiger partial charge on any atom is -0.493 e. The minimum absolute atomic E-state index is 0.188. The SMILES string of the molecule is CC[C@@H](C(=O)NC(C)(C)C)N(C(=O)Cn1nnc(-c2ccc(OC)c(OC)c2)n1)c1cc(C)ccc1C. The van der Waals surface area contributed by atoms with E-state index in [0.29, 0.717) is 35.0 Å². The average molecular weight is 509 g/mol. The third-order valence-corrected chi connectivity index (χ3v) is 5.76. The van der Waals surface area contributed by atoms with Crippen molar-refractivity contribution in [1.82, 2.24) is 25.5 Å². The highest BCUT2D eigenvalue weighted by molar-refractivity contribution is 6.01. The summed E-state index contributed by atoms with van der Waals surface area (Å²) in [5, 5.41) is 15.6. The van der Waals surface area contributed by atoms with E-state index in [1.165, 1.54) is 4.80 Å². The van der Waals surface area contributed by atoms with Crippen LogP contribution in [0, 0.1) is 13.8 Å². The fraction of sp³-hybridized carbons (Fsp3) is 0.444. The maximum atomic E-state index is 13.8. The summed E-state index contributed by atoms with van der Waals surface area (Å²) in [6, 6.07) is 10.4. The number of hydrogen-bond donors (Lipinski definition) is 1. The summed E-state index contributed by atoms with van der Waals surface area (Å²) in [6.45, 7) is 11.3. The number of ether oxygens (including phenoxy) is 2. The molecule has 0 saturated heterocycles. The summed E-state index contributed by atoms with van der Waals surface area (Å²) in [5.41, 5.74) is 2.78. The second-order valence-electron chi connectivity index (χ2n) is 9.93. The topological polar surface area (TPSA) is 111 Å². The highest BCUT2D eigenvalue weighted by Crippen LogP contribution is 2.31. The van der Waals surface area contributed by atoms with E-state index in [1.54, 1.807) is 37.3 Å². The van der Waals surface area contributed by atoms with Crippen LogP contribution in [0.15, 0.2) is 36.4 Å². The Labute approximate surface area is 217 Å². The van der Waals surface area contributed by atoms with E-state index in [1.807, 2.05) is 59.7 Å². The van der Waals surface area contributed by atoms with Crippen LogP contribution in [-0.4, -0.2) is 57.8 Å². The normalized spacial score (nSPS) is 12.1. The van der Waals surface area contributed by atoms with Gasteiger partial charge in [0.05, 0.1) is 14.2 Å². The molecule has 0 aliphatic carbocycles. The van der Waals surface area contributed by atoms with Crippen molar-refractivity contribution in [3.8, 4) is 22.9 Å². The van der Waals surface area contributed by atoms with E-state index >= 15 is 0 Å². The molecule has 198 valence electrons. The van der Waals surface area contributed by atoms with Crippen LogP contribution in [-0.2, 0) is 16.1 Å². The van der Waals surface area contributed by atoms with Crippen molar-refractivity contribution >= 4 is 17.5 Å². The van der Waals surface area contributed by atoms with E-state index in [9.17, 15) is 9.59 Å². The first kappa shape index (κ1) is 27.6. The first-order chi connectivity index (χ1) is 17.5. The van der Waals surface area contributed by atoms with Crippen molar-refractivity contribution in [2.24, 2.45) is 0 Å². The molecule has 10 heteroatoms. The number of carbonyl (C=O) groups is 2. The number of benzene rings is 2. The number of tetrazole rings is 1. The van der Waals surface area contributed by atoms with Crippen molar-refractivity contribution < 1.29 is 19.1 Å². The molecule has 1 atom stereocenters. The molecule has 0 saturated carbocycles. The Morgan fingerprint density at radius 2 is 1.76 bits per heavy atom. The largest absolute Gasteiger partial charge is 0.493 e. The lowest BCUT2D eigenvalue weighted by atomic mass is 10.0. The third kappa shape index (κ3) is 6.63. The number of anilines is 1. The number of aromatic nitrogens is 4. The summed E-state index contributed by atoms with van der Waals surface area (Å²) in [4.78, 5) is 29.8. The van der Waals surface area contributed by atoms with E-state index in [4.69, 9.17) is 9.47 Å². The molecule has 10 nitrogen and oxygen atoms in total. The molecule has 0 aliphatic rings. The Bertz CT molecular complexity index is 1260. The standard InChI is InChI=1S/C27H36N6O4/c1-9-20(26(35)28-27(4,5)6)33(21-14-17(2)10-11-18(21)3)24(34)16-32-30-25(29-31-32)19-12-13-22(36-7)23(15-19)37-8/h10-15,20H,9,16H2,1-8H3,(H,28,35)/t20-/m0/s1. The van der Waals surface area contributed by atoms with Gasteiger partial charge in [-0.25, -0.2) is 0 Å². The van der Waals surface area contributed by atoms with Crippen LogP contribution in [0.2, 0.25) is 0 Å². The molecule has 1 aromatic heterocycles. The molecule has 0 radical (unpaired) electrons. The van der Waals surface area contributed by atoms with Crippen molar-refractivity contribution in [2.75, 3.05) is 19.1 Å². The molecule has 37 heavy (non-hydrogen) atoms. The predicted molar refractivity (Wildman–Crippen MR) is 142 cm³/mol. The van der Waals surface area contributed by atoms with Gasteiger partial charge in [0.25, 0.3) is 5.91 Å². The van der Waals surface area contributed by atoms with Crippen LogP contribution >= 0.6 is 0 Å². The fourth-order valence-electron chi connectivity index (χ4n) is 3.99. The van der Waals surface area contributed by atoms with Crippen molar-refractivity contribution in [2.45, 2.75) is 66.1 Å². The molecule has 0 bridgehead atoms. The summed E-state index contributed by atoms with van der Waals surface area (Å²) < 4.78 is 10.6. The predicted octanol–water partition coefficient (Wildman–Crippen LogP) is 3.70. The zero-order chi connectivity index (χ0) is 27.3. The van der Waals surface area contributed by atoms with E-state index in [2.05, 4.69) is 20.7 Å². The van der Waals surface area contributed by atoms with Crippen LogP contribution in [0.4, 0.5) is 5.69 Å². The summed E-state index contributed by atoms with van der Waals surface area (Å²) >= 11 is 0. The first-order valence-electron chi connectivity index (χ1n) is 12.2. The number of aryl methyl sites for hydroxylation is 2. The zero-order valence-corrected chi connectivity index (χ0v) is 22.8. The molecule has 1 N–H and O–H groups in total. The van der Waals surface area contributed by atoms with Gasteiger partial charge < -0.3 is 14.8 Å². The molecule has 2 aromatic carbocycles. The van der Waals surface area contributed by atoms with Gasteiger partial charge in [-0.2, -0.15) is 4.80 Å². The second kappa shape index (κ2) is 11.4. The number of nitrogens with one attached hydrogen (secondary N) is 1. The van der Waals surface area contributed by atoms with Gasteiger partial charge in [0.15, 0.2) is 11.5 Å². The van der Waals surface area contributed by atoms with Crippen LogP contribution < -0.4 is 19.7 Å². The van der Waals surface area contributed by atoms with Crippen molar-refractivity contribution in [1.29, 1.82) is 0 Å². The molecule has 2 amide bonds. The van der Waals surface area contributed by atoms with Gasteiger partial charge >= 0.3 is 0 Å². The molecule has 0 aliphatic heterocycles. The first-order valence-corrected chi connectivity index (χ1v) is 12.2. The van der Waals surface area contributed by atoms with Gasteiger partial charge in [0.1, 0.15) is 12.6 Å². The quantitative estimate of drug-likeness (QED) is 0.469. The molecule has 3 aromatic rings. The van der Waals surface area contributed by atoms with Gasteiger partial charge in [0, 0.05) is 16.8 Å². The van der Waals surface area contributed by atoms with E-state index in [0.717, 1.165) is 11.1 Å². The van der Waals surface area contributed by atoms with Crippen molar-refractivity contribution in [3.05, 3.63) is 47.5 Å². The van der Waals surface area contributed by atoms with Gasteiger partial charge in [-0.05, 0) is 81.6 Å². The number of carbonyl (C=O) groups excluding carboxylic acids is 2. The van der Waals surface area contributed by atoms with Gasteiger partial charge in [-0.1, -0.05) is 19.1 Å². The average Bonchev–Trinajstić information content (AvgIpc) is 3.30. The molecule has 0 spiro atoms. The van der Waals surface area contributed by atoms with Crippen LogP contribution in [0.1, 0.15) is 45.2 Å². The Balaban J connectivity index is 1.94. The molecular formula is C27H36N6O4. The van der Waals surface area contributed by atoms with E-state index in [-0.39, 0.29) is 18.4 Å². The highest BCUT2D eigenvalue weighted by atomic mass is 16.5. The number of nitrogens with zero attached hydrogens (tertiary/aromatic N) is 5. The fourth-order valence-corrected chi connectivity index (χ4v) is 3.99. The Kier molecular flexibility index (Phi) is 8.52.